The van der Waals surface area contributed by atoms with E-state index in [9.17, 15) is 9.59 Å². The van der Waals surface area contributed by atoms with Crippen LogP contribution in [0.4, 0.5) is 17.1 Å². The number of hydrogen-bond acceptors (Lipinski definition) is 4. The van der Waals surface area contributed by atoms with E-state index in [0.717, 1.165) is 41.3 Å². The Morgan fingerprint density at radius 1 is 1.11 bits per heavy atom. The van der Waals surface area contributed by atoms with Crippen molar-refractivity contribution in [3.05, 3.63) is 53.6 Å². The van der Waals surface area contributed by atoms with Gasteiger partial charge in [-0.15, -0.1) is 0 Å². The number of ether oxygens (including phenoxy) is 1. The van der Waals surface area contributed by atoms with Gasteiger partial charge in [-0.1, -0.05) is 29.8 Å². The summed E-state index contributed by atoms with van der Waals surface area (Å²) in [6.45, 7) is 8.25. The van der Waals surface area contributed by atoms with Crippen LogP contribution in [-0.4, -0.2) is 44.7 Å². The van der Waals surface area contributed by atoms with E-state index in [0.29, 0.717) is 13.2 Å². The Bertz CT molecular complexity index is 860. The van der Waals surface area contributed by atoms with Crippen LogP contribution in [0.1, 0.15) is 18.1 Å². The second-order valence-electron chi connectivity index (χ2n) is 7.06. The first-order valence-electron chi connectivity index (χ1n) is 9.52. The van der Waals surface area contributed by atoms with E-state index < -0.39 is 0 Å². The molecule has 0 aromatic heterocycles. The van der Waals surface area contributed by atoms with E-state index in [1.54, 1.807) is 0 Å². The van der Waals surface area contributed by atoms with Crippen LogP contribution in [0.3, 0.4) is 0 Å². The molecule has 0 aliphatic carbocycles. The number of rotatable bonds is 5. The van der Waals surface area contributed by atoms with E-state index in [4.69, 9.17) is 4.74 Å². The summed E-state index contributed by atoms with van der Waals surface area (Å²) < 4.78 is 5.43. The molecule has 1 heterocycles. The first-order valence-corrected chi connectivity index (χ1v) is 9.52. The smallest absolute Gasteiger partial charge is 0.244 e. The molecule has 28 heavy (non-hydrogen) atoms. The van der Waals surface area contributed by atoms with Crippen molar-refractivity contribution in [3.63, 3.8) is 0 Å². The molecule has 1 fully saturated rings. The Morgan fingerprint density at radius 2 is 1.82 bits per heavy atom. The van der Waals surface area contributed by atoms with E-state index >= 15 is 0 Å². The van der Waals surface area contributed by atoms with Crippen LogP contribution in [0.5, 0.6) is 0 Å². The molecule has 0 bridgehead atoms. The number of anilines is 3. The summed E-state index contributed by atoms with van der Waals surface area (Å²) in [7, 11) is 0. The molecule has 6 nitrogen and oxygen atoms in total. The van der Waals surface area contributed by atoms with Gasteiger partial charge in [-0.05, 0) is 37.6 Å². The van der Waals surface area contributed by atoms with E-state index in [2.05, 4.69) is 10.2 Å². The molecule has 0 spiro atoms. The molecule has 2 aromatic rings. The van der Waals surface area contributed by atoms with Crippen molar-refractivity contribution in [2.24, 2.45) is 0 Å². The van der Waals surface area contributed by atoms with Crippen LogP contribution >= 0.6 is 0 Å². The third-order valence-corrected chi connectivity index (χ3v) is 4.86. The minimum absolute atomic E-state index is 0.0377. The van der Waals surface area contributed by atoms with Gasteiger partial charge in [0, 0.05) is 25.7 Å². The zero-order chi connectivity index (χ0) is 20.1. The van der Waals surface area contributed by atoms with Gasteiger partial charge in [0.25, 0.3) is 0 Å². The maximum absolute atomic E-state index is 12.7. The largest absolute Gasteiger partial charge is 0.378 e. The monoisotopic (exact) mass is 381 g/mol. The third-order valence-electron chi connectivity index (χ3n) is 4.86. The average Bonchev–Trinajstić information content (AvgIpc) is 2.69. The molecule has 148 valence electrons. The van der Waals surface area contributed by atoms with E-state index in [1.165, 1.54) is 11.8 Å². The van der Waals surface area contributed by atoms with Crippen molar-refractivity contribution < 1.29 is 14.3 Å². The maximum Gasteiger partial charge on any atom is 0.244 e. The van der Waals surface area contributed by atoms with E-state index in [1.807, 2.05) is 56.3 Å². The zero-order valence-corrected chi connectivity index (χ0v) is 16.7. The number of para-hydroxylation sites is 2. The Morgan fingerprint density at radius 3 is 2.50 bits per heavy atom. The lowest BCUT2D eigenvalue weighted by atomic mass is 10.1. The first kappa shape index (κ1) is 19.9. The summed E-state index contributed by atoms with van der Waals surface area (Å²) in [6.07, 6.45) is 0. The molecule has 0 saturated carbocycles. The molecule has 1 N–H and O–H groups in total. The number of nitrogens with zero attached hydrogens (tertiary/aromatic N) is 2. The van der Waals surface area contributed by atoms with Crippen molar-refractivity contribution in [2.45, 2.75) is 20.8 Å². The van der Waals surface area contributed by atoms with Crippen molar-refractivity contribution in [2.75, 3.05) is 48.0 Å². The zero-order valence-electron chi connectivity index (χ0n) is 16.7. The number of benzene rings is 2. The van der Waals surface area contributed by atoms with Crippen LogP contribution in [0, 0.1) is 13.8 Å². The van der Waals surface area contributed by atoms with Crippen LogP contribution < -0.4 is 15.1 Å². The molecular weight excluding hydrogens is 354 g/mol. The van der Waals surface area contributed by atoms with Crippen molar-refractivity contribution in [1.82, 2.24) is 0 Å². The summed E-state index contributed by atoms with van der Waals surface area (Å²) in [6, 6.07) is 13.6. The summed E-state index contributed by atoms with van der Waals surface area (Å²) in [5.41, 5.74) is 4.59. The molecule has 2 amide bonds. The topological polar surface area (TPSA) is 61.9 Å². The van der Waals surface area contributed by atoms with Gasteiger partial charge >= 0.3 is 0 Å². The fourth-order valence-corrected chi connectivity index (χ4v) is 3.42. The maximum atomic E-state index is 12.7. The fraction of sp³-hybridized carbons (Fsp3) is 0.364. The number of hydrogen-bond donors (Lipinski definition) is 1. The molecule has 1 aliphatic rings. The second-order valence-corrected chi connectivity index (χ2v) is 7.06. The standard InChI is InChI=1S/C22H27N3O3/c1-16-8-9-19(17(2)14-16)23-22(27)15-25(18(3)26)21-7-5-4-6-20(21)24-10-12-28-13-11-24/h4-9,14H,10-13,15H2,1-3H3,(H,23,27). The molecule has 3 rings (SSSR count). The summed E-state index contributed by atoms with van der Waals surface area (Å²) in [5, 5.41) is 2.93. The molecule has 0 radical (unpaired) electrons. The minimum atomic E-state index is -0.223. The number of carbonyl (C=O) groups is 2. The molecular formula is C22H27N3O3. The van der Waals surface area contributed by atoms with Crippen molar-refractivity contribution in [1.29, 1.82) is 0 Å². The molecule has 6 heteroatoms. The summed E-state index contributed by atoms with van der Waals surface area (Å²) >= 11 is 0. The number of nitrogens with one attached hydrogen (secondary N) is 1. The lowest BCUT2D eigenvalue weighted by Crippen LogP contribution is -2.40. The Kier molecular flexibility index (Phi) is 6.31. The van der Waals surface area contributed by atoms with Gasteiger partial charge in [0.1, 0.15) is 6.54 Å². The van der Waals surface area contributed by atoms with Gasteiger partial charge in [-0.25, -0.2) is 0 Å². The van der Waals surface area contributed by atoms with Crippen LogP contribution in [0.25, 0.3) is 0 Å². The predicted octanol–water partition coefficient (Wildman–Crippen LogP) is 3.13. The van der Waals surface area contributed by atoms with Crippen LogP contribution in [0.15, 0.2) is 42.5 Å². The highest BCUT2D eigenvalue weighted by molar-refractivity contribution is 6.03. The van der Waals surface area contributed by atoms with Crippen molar-refractivity contribution in [3.8, 4) is 0 Å². The predicted molar refractivity (Wildman–Crippen MR) is 112 cm³/mol. The highest BCUT2D eigenvalue weighted by Gasteiger charge is 2.22. The Hall–Kier alpha value is -2.86. The lowest BCUT2D eigenvalue weighted by Gasteiger charge is -2.33. The minimum Gasteiger partial charge on any atom is -0.378 e. The quantitative estimate of drug-likeness (QED) is 0.864. The highest BCUT2D eigenvalue weighted by Crippen LogP contribution is 2.30. The normalized spacial score (nSPS) is 13.9. The van der Waals surface area contributed by atoms with Gasteiger partial charge in [0.05, 0.1) is 24.6 Å². The number of carbonyl (C=O) groups excluding carboxylic acids is 2. The Balaban J connectivity index is 1.80. The first-order chi connectivity index (χ1) is 13.5. The summed E-state index contributed by atoms with van der Waals surface area (Å²) in [4.78, 5) is 28.8. The number of aryl methyl sites for hydroxylation is 2. The highest BCUT2D eigenvalue weighted by atomic mass is 16.5. The molecule has 1 aliphatic heterocycles. The third kappa shape index (κ3) is 4.70. The molecule has 1 saturated heterocycles. The Labute approximate surface area is 166 Å². The van der Waals surface area contributed by atoms with Crippen molar-refractivity contribution >= 4 is 28.9 Å². The molecule has 2 aromatic carbocycles. The number of morpholine rings is 1. The average molecular weight is 381 g/mol. The fourth-order valence-electron chi connectivity index (χ4n) is 3.42. The lowest BCUT2D eigenvalue weighted by molar-refractivity contribution is -0.120. The molecule has 0 unspecified atom stereocenters. The second kappa shape index (κ2) is 8.89. The van der Waals surface area contributed by atoms with Gasteiger partial charge in [0.2, 0.25) is 11.8 Å². The molecule has 0 atom stereocenters. The van der Waals surface area contributed by atoms with Crippen LogP contribution in [0.2, 0.25) is 0 Å². The number of amides is 2. The van der Waals surface area contributed by atoms with Gasteiger partial charge in [-0.3, -0.25) is 9.59 Å². The van der Waals surface area contributed by atoms with Gasteiger partial charge < -0.3 is 19.9 Å². The SMILES string of the molecule is CC(=O)N(CC(=O)Nc1ccc(C)cc1C)c1ccccc1N1CCOCC1. The van der Waals surface area contributed by atoms with Crippen LogP contribution in [-0.2, 0) is 14.3 Å². The van der Waals surface area contributed by atoms with Gasteiger partial charge in [0.15, 0.2) is 0 Å². The van der Waals surface area contributed by atoms with Gasteiger partial charge in [-0.2, -0.15) is 0 Å². The summed E-state index contributed by atoms with van der Waals surface area (Å²) in [5.74, 6) is -0.393. The van der Waals surface area contributed by atoms with E-state index in [-0.39, 0.29) is 18.4 Å².